The zero-order valence-corrected chi connectivity index (χ0v) is 16.1. The van der Waals surface area contributed by atoms with E-state index in [1.807, 2.05) is 0 Å². The first kappa shape index (κ1) is 18.2. The van der Waals surface area contributed by atoms with Gasteiger partial charge in [-0.15, -0.1) is 0 Å². The first-order chi connectivity index (χ1) is 12.6. The minimum atomic E-state index is 1.08. The van der Waals surface area contributed by atoms with Gasteiger partial charge in [0.15, 0.2) is 0 Å². The molecule has 4 aromatic rings. The fraction of sp³-hybridized carbons (Fsp3) is 0.231. The lowest BCUT2D eigenvalue weighted by molar-refractivity contribution is 0.983. The second-order valence-electron chi connectivity index (χ2n) is 7.33. The summed E-state index contributed by atoms with van der Waals surface area (Å²) in [4.78, 5) is 0. The van der Waals surface area contributed by atoms with Crippen LogP contribution in [0.15, 0.2) is 84.9 Å². The van der Waals surface area contributed by atoms with Crippen molar-refractivity contribution in [1.29, 1.82) is 0 Å². The van der Waals surface area contributed by atoms with Crippen molar-refractivity contribution < 1.29 is 0 Å². The summed E-state index contributed by atoms with van der Waals surface area (Å²) in [5.74, 6) is 1.08. The Labute approximate surface area is 157 Å². The molecule has 5 rings (SSSR count). The molecule has 0 bridgehead atoms. The molecular formula is C26H28. The van der Waals surface area contributed by atoms with E-state index in [1.54, 1.807) is 0 Å². The Balaban J connectivity index is 0.000000125. The fourth-order valence-corrected chi connectivity index (χ4v) is 2.86. The van der Waals surface area contributed by atoms with Gasteiger partial charge in [-0.3, -0.25) is 0 Å². The topological polar surface area (TPSA) is 0 Å². The number of hydrogen-bond acceptors (Lipinski definition) is 0. The third kappa shape index (κ3) is 5.20. The number of rotatable bonds is 0. The number of benzene rings is 4. The maximum absolute atomic E-state index is 2.28. The van der Waals surface area contributed by atoms with Gasteiger partial charge in [0, 0.05) is 0 Å². The smallest absolute Gasteiger partial charge is 0.0155 e. The molecule has 132 valence electrons. The van der Waals surface area contributed by atoms with Crippen LogP contribution in [0.3, 0.4) is 0 Å². The highest BCUT2D eigenvalue weighted by Gasteiger charge is 2.12. The van der Waals surface area contributed by atoms with Crippen LogP contribution < -0.4 is 0 Å². The Hall–Kier alpha value is -2.60. The van der Waals surface area contributed by atoms with Crippen LogP contribution in [0.1, 0.15) is 30.9 Å². The first-order valence-corrected chi connectivity index (χ1v) is 9.53. The fourth-order valence-electron chi connectivity index (χ4n) is 2.86. The van der Waals surface area contributed by atoms with E-state index in [0.717, 1.165) is 5.92 Å². The van der Waals surface area contributed by atoms with Gasteiger partial charge in [-0.05, 0) is 46.9 Å². The Morgan fingerprint density at radius 2 is 1.19 bits per heavy atom. The molecule has 1 fully saturated rings. The summed E-state index contributed by atoms with van der Waals surface area (Å²) < 4.78 is 0. The Morgan fingerprint density at radius 3 is 1.85 bits per heavy atom. The monoisotopic (exact) mass is 340 g/mol. The van der Waals surface area contributed by atoms with Crippen molar-refractivity contribution in [2.45, 2.75) is 33.6 Å². The third-order valence-electron chi connectivity index (χ3n) is 4.78. The summed E-state index contributed by atoms with van der Waals surface area (Å²) >= 11 is 0. The Morgan fingerprint density at radius 1 is 0.615 bits per heavy atom. The van der Waals surface area contributed by atoms with E-state index in [9.17, 15) is 0 Å². The standard InChI is InChI=1S/2C11H10.C4H8/c1-9-5-4-7-10-6-2-3-8-11(9)10;1-9-6-7-10-4-2-3-5-11(10)8-9;1-4-2-3-4/h2*2-8H,1H3;4H,2-3H2,1H3. The van der Waals surface area contributed by atoms with Crippen LogP contribution in [0.5, 0.6) is 0 Å². The second-order valence-corrected chi connectivity index (χ2v) is 7.33. The zero-order valence-electron chi connectivity index (χ0n) is 16.1. The van der Waals surface area contributed by atoms with Gasteiger partial charge >= 0.3 is 0 Å². The van der Waals surface area contributed by atoms with Crippen LogP contribution in [0.25, 0.3) is 21.5 Å². The highest BCUT2D eigenvalue weighted by Crippen LogP contribution is 2.26. The molecule has 0 saturated heterocycles. The number of fused-ring (bicyclic) bond motifs is 2. The predicted molar refractivity (Wildman–Crippen MR) is 116 cm³/mol. The molecule has 0 N–H and O–H groups in total. The highest BCUT2D eigenvalue weighted by atomic mass is 14.2. The van der Waals surface area contributed by atoms with Gasteiger partial charge in [0.25, 0.3) is 0 Å². The third-order valence-corrected chi connectivity index (χ3v) is 4.78. The Kier molecular flexibility index (Phi) is 6.07. The van der Waals surface area contributed by atoms with E-state index < -0.39 is 0 Å². The van der Waals surface area contributed by atoms with Crippen molar-refractivity contribution in [3.63, 3.8) is 0 Å². The molecule has 1 aliphatic carbocycles. The summed E-state index contributed by atoms with van der Waals surface area (Å²) in [6, 6.07) is 29.7. The Bertz CT molecular complexity index is 965. The zero-order chi connectivity index (χ0) is 18.4. The molecule has 0 spiro atoms. The highest BCUT2D eigenvalue weighted by molar-refractivity contribution is 5.85. The van der Waals surface area contributed by atoms with E-state index >= 15 is 0 Å². The average molecular weight is 341 g/mol. The van der Waals surface area contributed by atoms with Gasteiger partial charge in [-0.2, -0.15) is 0 Å². The van der Waals surface area contributed by atoms with E-state index in [1.165, 1.54) is 45.5 Å². The maximum Gasteiger partial charge on any atom is -0.0155 e. The van der Waals surface area contributed by atoms with Crippen LogP contribution in [0.2, 0.25) is 0 Å². The molecule has 0 heteroatoms. The molecule has 0 radical (unpaired) electrons. The van der Waals surface area contributed by atoms with Gasteiger partial charge in [0.1, 0.15) is 0 Å². The summed E-state index contributed by atoms with van der Waals surface area (Å²) in [7, 11) is 0. The molecule has 26 heavy (non-hydrogen) atoms. The number of aryl methyl sites for hydroxylation is 2. The average Bonchev–Trinajstić information content (AvgIpc) is 3.45. The normalized spacial score (nSPS) is 12.7. The van der Waals surface area contributed by atoms with Gasteiger partial charge in [-0.25, -0.2) is 0 Å². The molecule has 0 aliphatic heterocycles. The van der Waals surface area contributed by atoms with Gasteiger partial charge in [-0.1, -0.05) is 110 Å². The predicted octanol–water partition coefficient (Wildman–Crippen LogP) is 7.71. The molecule has 1 aliphatic rings. The molecule has 1 saturated carbocycles. The van der Waals surface area contributed by atoms with Crippen molar-refractivity contribution in [1.82, 2.24) is 0 Å². The SMILES string of the molecule is CC1CC1.Cc1ccc2ccccc2c1.Cc1cccc2ccccc12. The van der Waals surface area contributed by atoms with Crippen molar-refractivity contribution >= 4 is 21.5 Å². The minimum Gasteiger partial charge on any atom is -0.0625 e. The second kappa shape index (κ2) is 8.67. The lowest BCUT2D eigenvalue weighted by Gasteiger charge is -1.98. The van der Waals surface area contributed by atoms with Crippen molar-refractivity contribution in [3.8, 4) is 0 Å². The summed E-state index contributed by atoms with van der Waals surface area (Å²) in [6.45, 7) is 6.54. The van der Waals surface area contributed by atoms with Crippen LogP contribution in [-0.2, 0) is 0 Å². The molecule has 0 heterocycles. The lowest BCUT2D eigenvalue weighted by atomic mass is 10.1. The molecule has 0 amide bonds. The quantitative estimate of drug-likeness (QED) is 0.307. The van der Waals surface area contributed by atoms with Gasteiger partial charge in [0.05, 0.1) is 0 Å². The first-order valence-electron chi connectivity index (χ1n) is 9.53. The number of hydrogen-bond donors (Lipinski definition) is 0. The largest absolute Gasteiger partial charge is 0.0625 e. The van der Waals surface area contributed by atoms with E-state index in [-0.39, 0.29) is 0 Å². The maximum atomic E-state index is 2.28. The van der Waals surface area contributed by atoms with Crippen molar-refractivity contribution in [2.75, 3.05) is 0 Å². The molecule has 0 unspecified atom stereocenters. The summed E-state index contributed by atoms with van der Waals surface area (Å²) in [5.41, 5.74) is 2.67. The van der Waals surface area contributed by atoms with E-state index in [4.69, 9.17) is 0 Å². The molecule has 0 nitrogen and oxygen atoms in total. The molecule has 0 aromatic heterocycles. The van der Waals surface area contributed by atoms with E-state index in [0.29, 0.717) is 0 Å². The summed E-state index contributed by atoms with van der Waals surface area (Å²) in [6.07, 6.45) is 2.97. The van der Waals surface area contributed by atoms with Crippen molar-refractivity contribution in [3.05, 3.63) is 96.1 Å². The van der Waals surface area contributed by atoms with E-state index in [2.05, 4.69) is 106 Å². The van der Waals surface area contributed by atoms with Crippen LogP contribution in [0.4, 0.5) is 0 Å². The van der Waals surface area contributed by atoms with Gasteiger partial charge < -0.3 is 0 Å². The van der Waals surface area contributed by atoms with Crippen LogP contribution in [0, 0.1) is 19.8 Å². The van der Waals surface area contributed by atoms with Gasteiger partial charge in [0.2, 0.25) is 0 Å². The minimum absolute atomic E-state index is 1.08. The van der Waals surface area contributed by atoms with Crippen LogP contribution >= 0.6 is 0 Å². The van der Waals surface area contributed by atoms with Crippen LogP contribution in [-0.4, -0.2) is 0 Å². The lowest BCUT2D eigenvalue weighted by Crippen LogP contribution is -1.75. The van der Waals surface area contributed by atoms with Crippen molar-refractivity contribution in [2.24, 2.45) is 5.92 Å². The molecular weight excluding hydrogens is 312 g/mol. The molecule has 4 aromatic carbocycles. The molecule has 0 atom stereocenters. The summed E-state index contributed by atoms with van der Waals surface area (Å²) in [5, 5.41) is 5.33.